The van der Waals surface area contributed by atoms with E-state index in [1.54, 1.807) is 30.2 Å². The third-order valence-corrected chi connectivity index (χ3v) is 4.86. The Hall–Kier alpha value is -2.09. The van der Waals surface area contributed by atoms with E-state index >= 15 is 0 Å². The third-order valence-electron chi connectivity index (χ3n) is 3.92. The van der Waals surface area contributed by atoms with Crippen molar-refractivity contribution in [2.45, 2.75) is 12.8 Å². The summed E-state index contributed by atoms with van der Waals surface area (Å²) < 4.78 is 6.30. The second-order valence-corrected chi connectivity index (χ2v) is 6.63. The van der Waals surface area contributed by atoms with Crippen molar-refractivity contribution in [3.8, 4) is 5.75 Å². The van der Waals surface area contributed by atoms with Gasteiger partial charge in [-0.3, -0.25) is 9.59 Å². The number of nitrogens with zero attached hydrogens (tertiary/aromatic N) is 1. The average Bonchev–Trinajstić information content (AvgIpc) is 3.01. The van der Waals surface area contributed by atoms with Crippen LogP contribution < -0.4 is 15.0 Å². The first-order chi connectivity index (χ1) is 11.6. The molecule has 3 rings (SSSR count). The molecular formula is C18H17IN2O3. The number of ether oxygens (including phenoxy) is 1. The van der Waals surface area contributed by atoms with Gasteiger partial charge in [0.25, 0.3) is 5.91 Å². The molecule has 2 aromatic rings. The molecule has 2 amide bonds. The van der Waals surface area contributed by atoms with Crippen LogP contribution in [0.3, 0.4) is 0 Å². The van der Waals surface area contributed by atoms with Crippen molar-refractivity contribution in [3.63, 3.8) is 0 Å². The van der Waals surface area contributed by atoms with Crippen molar-refractivity contribution >= 4 is 45.8 Å². The number of rotatable bonds is 4. The monoisotopic (exact) mass is 436 g/mol. The molecule has 24 heavy (non-hydrogen) atoms. The summed E-state index contributed by atoms with van der Waals surface area (Å²) in [4.78, 5) is 26.1. The third kappa shape index (κ3) is 3.38. The van der Waals surface area contributed by atoms with Gasteiger partial charge in [-0.15, -0.1) is 0 Å². The Morgan fingerprint density at radius 1 is 1.25 bits per heavy atom. The van der Waals surface area contributed by atoms with Crippen molar-refractivity contribution in [1.29, 1.82) is 0 Å². The minimum Gasteiger partial charge on any atom is -0.494 e. The Kier molecular flexibility index (Phi) is 5.03. The molecular weight excluding hydrogens is 419 g/mol. The zero-order chi connectivity index (χ0) is 17.1. The lowest BCUT2D eigenvalue weighted by atomic mass is 10.2. The van der Waals surface area contributed by atoms with Gasteiger partial charge in [0.2, 0.25) is 5.91 Å². The molecule has 1 aliphatic rings. The quantitative estimate of drug-likeness (QED) is 0.745. The van der Waals surface area contributed by atoms with E-state index < -0.39 is 0 Å². The molecule has 1 fully saturated rings. The van der Waals surface area contributed by atoms with E-state index in [9.17, 15) is 9.59 Å². The number of amides is 2. The van der Waals surface area contributed by atoms with Crippen LogP contribution in [-0.4, -0.2) is 25.5 Å². The number of carbonyl (C=O) groups excluding carboxylic acids is 2. The number of hydrogen-bond acceptors (Lipinski definition) is 3. The highest BCUT2D eigenvalue weighted by Crippen LogP contribution is 2.34. The lowest BCUT2D eigenvalue weighted by Gasteiger charge is -2.19. The average molecular weight is 436 g/mol. The summed E-state index contributed by atoms with van der Waals surface area (Å²) in [6.07, 6.45) is 1.42. The number of halogens is 1. The first-order valence-electron chi connectivity index (χ1n) is 7.64. The molecule has 5 nitrogen and oxygen atoms in total. The Morgan fingerprint density at radius 2 is 2.04 bits per heavy atom. The van der Waals surface area contributed by atoms with Crippen LogP contribution in [-0.2, 0) is 4.79 Å². The zero-order valence-corrected chi connectivity index (χ0v) is 15.4. The summed E-state index contributed by atoms with van der Waals surface area (Å²) >= 11 is 2.14. The number of carbonyl (C=O) groups is 2. The molecule has 2 aromatic carbocycles. The van der Waals surface area contributed by atoms with E-state index in [-0.39, 0.29) is 11.8 Å². The Balaban J connectivity index is 1.83. The maximum Gasteiger partial charge on any atom is 0.256 e. The van der Waals surface area contributed by atoms with E-state index in [4.69, 9.17) is 4.74 Å². The molecule has 0 unspecified atom stereocenters. The van der Waals surface area contributed by atoms with E-state index in [0.717, 1.165) is 15.7 Å². The predicted molar refractivity (Wildman–Crippen MR) is 102 cm³/mol. The molecule has 1 N–H and O–H groups in total. The van der Waals surface area contributed by atoms with Gasteiger partial charge in [-0.2, -0.15) is 0 Å². The van der Waals surface area contributed by atoms with Gasteiger partial charge in [0.05, 0.1) is 18.4 Å². The molecule has 1 aliphatic heterocycles. The van der Waals surface area contributed by atoms with Gasteiger partial charge in [0.1, 0.15) is 5.75 Å². The molecule has 6 heteroatoms. The molecule has 1 saturated heterocycles. The van der Waals surface area contributed by atoms with Crippen molar-refractivity contribution in [2.75, 3.05) is 23.9 Å². The lowest BCUT2D eigenvalue weighted by molar-refractivity contribution is -0.117. The fourth-order valence-corrected chi connectivity index (χ4v) is 3.36. The molecule has 0 aromatic heterocycles. The first-order valence-corrected chi connectivity index (χ1v) is 8.72. The number of nitrogens with one attached hydrogen (secondary N) is 1. The summed E-state index contributed by atoms with van der Waals surface area (Å²) in [5, 5.41) is 2.88. The van der Waals surface area contributed by atoms with Crippen LogP contribution in [0.25, 0.3) is 0 Å². The summed E-state index contributed by atoms with van der Waals surface area (Å²) in [5.41, 5.74) is 2.00. The molecule has 124 valence electrons. The number of hydrogen-bond donors (Lipinski definition) is 1. The zero-order valence-electron chi connectivity index (χ0n) is 13.2. The van der Waals surface area contributed by atoms with Gasteiger partial charge in [0.15, 0.2) is 0 Å². The summed E-state index contributed by atoms with van der Waals surface area (Å²) in [6, 6.07) is 12.7. The normalized spacial score (nSPS) is 13.9. The van der Waals surface area contributed by atoms with Crippen molar-refractivity contribution < 1.29 is 14.3 Å². The molecule has 0 spiro atoms. The van der Waals surface area contributed by atoms with Gasteiger partial charge >= 0.3 is 0 Å². The second-order valence-electron chi connectivity index (χ2n) is 5.47. The highest BCUT2D eigenvalue weighted by atomic mass is 127. The van der Waals surface area contributed by atoms with Crippen LogP contribution >= 0.6 is 22.6 Å². The number of anilines is 2. The van der Waals surface area contributed by atoms with E-state index in [2.05, 4.69) is 27.9 Å². The van der Waals surface area contributed by atoms with Gasteiger partial charge in [-0.1, -0.05) is 12.1 Å². The Bertz CT molecular complexity index is 792. The van der Waals surface area contributed by atoms with E-state index in [0.29, 0.717) is 30.0 Å². The maximum atomic E-state index is 12.4. The second kappa shape index (κ2) is 7.21. The highest BCUT2D eigenvalue weighted by Gasteiger charge is 2.24. The predicted octanol–water partition coefficient (Wildman–Crippen LogP) is 3.68. The van der Waals surface area contributed by atoms with Crippen LogP contribution in [0.4, 0.5) is 11.4 Å². The fourth-order valence-electron chi connectivity index (χ4n) is 2.73. The summed E-state index contributed by atoms with van der Waals surface area (Å²) in [5.74, 6) is 0.502. The smallest absolute Gasteiger partial charge is 0.256 e. The highest BCUT2D eigenvalue weighted by molar-refractivity contribution is 14.1. The van der Waals surface area contributed by atoms with Crippen molar-refractivity contribution in [2.24, 2.45) is 0 Å². The van der Waals surface area contributed by atoms with Crippen molar-refractivity contribution in [3.05, 3.63) is 51.6 Å². The number of methoxy groups -OCH3 is 1. The first kappa shape index (κ1) is 16.8. The SMILES string of the molecule is COc1cc(NC(=O)c2ccccc2I)ccc1N1CCCC1=O. The molecule has 0 aliphatic carbocycles. The molecule has 0 radical (unpaired) electrons. The van der Waals surface area contributed by atoms with E-state index in [1.165, 1.54) is 0 Å². The minimum absolute atomic E-state index is 0.101. The van der Waals surface area contributed by atoms with Crippen LogP contribution in [0.5, 0.6) is 5.75 Å². The molecule has 0 saturated carbocycles. The topological polar surface area (TPSA) is 58.6 Å². The van der Waals surface area contributed by atoms with Crippen LogP contribution in [0.2, 0.25) is 0 Å². The molecule has 0 atom stereocenters. The summed E-state index contributed by atoms with van der Waals surface area (Å²) in [6.45, 7) is 0.698. The maximum absolute atomic E-state index is 12.4. The Morgan fingerprint density at radius 3 is 2.71 bits per heavy atom. The minimum atomic E-state index is -0.174. The van der Waals surface area contributed by atoms with Crippen molar-refractivity contribution in [1.82, 2.24) is 0 Å². The molecule has 0 bridgehead atoms. The van der Waals surface area contributed by atoms with Gasteiger partial charge < -0.3 is 15.0 Å². The van der Waals surface area contributed by atoms with Crippen LogP contribution in [0, 0.1) is 3.57 Å². The standard InChI is InChI=1S/C18H17IN2O3/c1-24-16-11-12(8-9-15(16)21-10-4-7-17(21)22)20-18(23)13-5-2-3-6-14(13)19/h2-3,5-6,8-9,11H,4,7,10H2,1H3,(H,20,23). The lowest BCUT2D eigenvalue weighted by Crippen LogP contribution is -2.24. The fraction of sp³-hybridized carbons (Fsp3) is 0.222. The number of benzene rings is 2. The van der Waals surface area contributed by atoms with Gasteiger partial charge in [0, 0.05) is 28.3 Å². The summed E-state index contributed by atoms with van der Waals surface area (Å²) in [7, 11) is 1.56. The van der Waals surface area contributed by atoms with E-state index in [1.807, 2.05) is 24.3 Å². The van der Waals surface area contributed by atoms with Gasteiger partial charge in [-0.25, -0.2) is 0 Å². The molecule has 1 heterocycles. The van der Waals surface area contributed by atoms with Gasteiger partial charge in [-0.05, 0) is 53.3 Å². The van der Waals surface area contributed by atoms with Crippen LogP contribution in [0.15, 0.2) is 42.5 Å². The Labute approximate surface area is 154 Å². The van der Waals surface area contributed by atoms with Crippen LogP contribution in [0.1, 0.15) is 23.2 Å². The largest absolute Gasteiger partial charge is 0.494 e.